The summed E-state index contributed by atoms with van der Waals surface area (Å²) in [5.41, 5.74) is 0.637. The highest BCUT2D eigenvalue weighted by molar-refractivity contribution is 7.90. The maximum absolute atomic E-state index is 11.6. The van der Waals surface area contributed by atoms with Crippen molar-refractivity contribution in [3.05, 3.63) is 24.3 Å². The molecule has 1 aromatic carbocycles. The number of piperidine rings is 1. The lowest BCUT2D eigenvalue weighted by atomic mass is 9.98. The minimum absolute atomic E-state index is 0.228. The van der Waals surface area contributed by atoms with Crippen LogP contribution < -0.4 is 10.6 Å². The molecule has 0 radical (unpaired) electrons. The van der Waals surface area contributed by atoms with Crippen molar-refractivity contribution in [2.24, 2.45) is 5.92 Å². The fourth-order valence-corrected chi connectivity index (χ4v) is 2.68. The zero-order chi connectivity index (χ0) is 14.8. The van der Waals surface area contributed by atoms with Crippen molar-refractivity contribution in [3.63, 3.8) is 0 Å². The molecule has 1 atom stereocenters. The summed E-state index contributed by atoms with van der Waals surface area (Å²) in [6.45, 7) is 0.367. The van der Waals surface area contributed by atoms with E-state index in [9.17, 15) is 18.0 Å². The van der Waals surface area contributed by atoms with E-state index >= 15 is 0 Å². The molecule has 1 saturated heterocycles. The molecule has 20 heavy (non-hydrogen) atoms. The molecule has 1 unspecified atom stereocenters. The summed E-state index contributed by atoms with van der Waals surface area (Å²) in [5, 5.41) is 5.32. The Bertz CT molecular complexity index is 640. The van der Waals surface area contributed by atoms with E-state index in [4.69, 9.17) is 0 Å². The Morgan fingerprint density at radius 1 is 1.35 bits per heavy atom. The van der Waals surface area contributed by atoms with Crippen LogP contribution >= 0.6 is 0 Å². The summed E-state index contributed by atoms with van der Waals surface area (Å²) in [7, 11) is -3.25. The number of imide groups is 1. The van der Waals surface area contributed by atoms with Crippen molar-refractivity contribution in [1.29, 1.82) is 0 Å². The lowest BCUT2D eigenvalue weighted by Gasteiger charge is -2.21. The molecule has 0 aromatic heterocycles. The van der Waals surface area contributed by atoms with Gasteiger partial charge in [0.05, 0.1) is 10.8 Å². The normalized spacial score (nSPS) is 19.6. The third-order valence-corrected chi connectivity index (χ3v) is 4.28. The monoisotopic (exact) mass is 296 g/mol. The minimum Gasteiger partial charge on any atom is -0.384 e. The summed E-state index contributed by atoms with van der Waals surface area (Å²) in [6.07, 6.45) is 1.98. The van der Waals surface area contributed by atoms with E-state index in [0.29, 0.717) is 25.1 Å². The average molecular weight is 296 g/mol. The molecule has 1 aliphatic heterocycles. The molecule has 6 nitrogen and oxygen atoms in total. The van der Waals surface area contributed by atoms with Gasteiger partial charge >= 0.3 is 0 Å². The molecule has 7 heteroatoms. The lowest BCUT2D eigenvalue weighted by Crippen LogP contribution is -2.43. The van der Waals surface area contributed by atoms with Gasteiger partial charge in [0.25, 0.3) is 0 Å². The van der Waals surface area contributed by atoms with Gasteiger partial charge in [-0.3, -0.25) is 14.9 Å². The molecule has 0 saturated carbocycles. The Balaban J connectivity index is 2.01. The molecule has 0 aliphatic carbocycles. The van der Waals surface area contributed by atoms with Crippen LogP contribution in [0.4, 0.5) is 5.69 Å². The first-order valence-electron chi connectivity index (χ1n) is 6.24. The number of sulfone groups is 1. The Morgan fingerprint density at radius 2 is 2.10 bits per heavy atom. The maximum atomic E-state index is 11.6. The molecule has 1 fully saturated rings. The van der Waals surface area contributed by atoms with Gasteiger partial charge in [-0.05, 0) is 24.6 Å². The van der Waals surface area contributed by atoms with Crippen molar-refractivity contribution < 1.29 is 18.0 Å². The maximum Gasteiger partial charge on any atom is 0.231 e. The topological polar surface area (TPSA) is 92.3 Å². The molecule has 1 heterocycles. The molecule has 108 valence electrons. The van der Waals surface area contributed by atoms with E-state index in [0.717, 1.165) is 6.26 Å². The van der Waals surface area contributed by atoms with Gasteiger partial charge < -0.3 is 5.32 Å². The van der Waals surface area contributed by atoms with E-state index in [2.05, 4.69) is 10.6 Å². The van der Waals surface area contributed by atoms with Crippen LogP contribution in [0, 0.1) is 5.92 Å². The van der Waals surface area contributed by atoms with Crippen molar-refractivity contribution in [2.45, 2.75) is 17.7 Å². The molecule has 2 N–H and O–H groups in total. The zero-order valence-electron chi connectivity index (χ0n) is 11.0. The van der Waals surface area contributed by atoms with Gasteiger partial charge in [0.15, 0.2) is 9.84 Å². The number of amides is 2. The summed E-state index contributed by atoms with van der Waals surface area (Å²) in [6, 6.07) is 6.43. The fraction of sp³-hybridized carbons (Fsp3) is 0.385. The van der Waals surface area contributed by atoms with Gasteiger partial charge in [-0.2, -0.15) is 0 Å². The standard InChI is InChI=1S/C13H16N2O4S/c1-20(18,19)11-4-2-3-10(7-11)14-8-9-5-6-12(16)15-13(9)17/h2-4,7,9,14H,5-6,8H2,1H3,(H,15,16,17). The number of hydrogen-bond acceptors (Lipinski definition) is 5. The number of hydrogen-bond donors (Lipinski definition) is 2. The third-order valence-electron chi connectivity index (χ3n) is 3.17. The Hall–Kier alpha value is -1.89. The summed E-state index contributed by atoms with van der Waals surface area (Å²) in [4.78, 5) is 22.8. The predicted octanol–water partition coefficient (Wildman–Crippen LogP) is 0.555. The van der Waals surface area contributed by atoms with E-state index in [1.807, 2.05) is 0 Å². The highest BCUT2D eigenvalue weighted by Crippen LogP contribution is 2.17. The second-order valence-corrected chi connectivity index (χ2v) is 6.84. The predicted molar refractivity (Wildman–Crippen MR) is 73.9 cm³/mol. The highest BCUT2D eigenvalue weighted by atomic mass is 32.2. The molecule has 2 amide bonds. The van der Waals surface area contributed by atoms with Crippen LogP contribution in [0.25, 0.3) is 0 Å². The second-order valence-electron chi connectivity index (χ2n) is 4.83. The number of benzene rings is 1. The Morgan fingerprint density at radius 3 is 2.75 bits per heavy atom. The summed E-state index contributed by atoms with van der Waals surface area (Å²) in [5.74, 6) is -0.812. The van der Waals surface area contributed by atoms with E-state index in [1.165, 1.54) is 12.1 Å². The average Bonchev–Trinajstić information content (AvgIpc) is 2.37. The van der Waals surface area contributed by atoms with Crippen molar-refractivity contribution in [3.8, 4) is 0 Å². The smallest absolute Gasteiger partial charge is 0.231 e. The molecule has 0 spiro atoms. The number of carbonyl (C=O) groups excluding carboxylic acids is 2. The minimum atomic E-state index is -3.25. The van der Waals surface area contributed by atoms with Gasteiger partial charge in [0.1, 0.15) is 0 Å². The van der Waals surface area contributed by atoms with Crippen LogP contribution in [0.1, 0.15) is 12.8 Å². The Kier molecular flexibility index (Phi) is 4.08. The van der Waals surface area contributed by atoms with Gasteiger partial charge in [-0.1, -0.05) is 6.07 Å². The summed E-state index contributed by atoms with van der Waals surface area (Å²) >= 11 is 0. The van der Waals surface area contributed by atoms with Gasteiger partial charge in [-0.15, -0.1) is 0 Å². The first-order valence-corrected chi connectivity index (χ1v) is 8.13. The van der Waals surface area contributed by atoms with Crippen molar-refractivity contribution in [2.75, 3.05) is 18.1 Å². The molecule has 1 aliphatic rings. The van der Waals surface area contributed by atoms with Crippen LogP contribution in [0.2, 0.25) is 0 Å². The van der Waals surface area contributed by atoms with Crippen LogP contribution in [0.3, 0.4) is 0 Å². The van der Waals surface area contributed by atoms with Gasteiger partial charge in [0.2, 0.25) is 11.8 Å². The summed E-state index contributed by atoms with van der Waals surface area (Å²) < 4.78 is 22.9. The number of anilines is 1. The van der Waals surface area contributed by atoms with E-state index in [-0.39, 0.29) is 22.6 Å². The largest absolute Gasteiger partial charge is 0.384 e. The van der Waals surface area contributed by atoms with Crippen LogP contribution in [-0.2, 0) is 19.4 Å². The van der Waals surface area contributed by atoms with E-state index < -0.39 is 9.84 Å². The molecule has 0 bridgehead atoms. The first-order chi connectivity index (χ1) is 9.36. The Labute approximate surface area is 117 Å². The zero-order valence-corrected chi connectivity index (χ0v) is 11.9. The van der Waals surface area contributed by atoms with E-state index in [1.54, 1.807) is 12.1 Å². The van der Waals surface area contributed by atoms with Crippen molar-refractivity contribution in [1.82, 2.24) is 5.32 Å². The molecular formula is C13H16N2O4S. The SMILES string of the molecule is CS(=O)(=O)c1cccc(NCC2CCC(=O)NC2=O)c1. The lowest BCUT2D eigenvalue weighted by molar-refractivity contribution is -0.135. The molecule has 1 aromatic rings. The van der Waals surface area contributed by atoms with Gasteiger partial charge in [0, 0.05) is 24.9 Å². The molecular weight excluding hydrogens is 280 g/mol. The van der Waals surface area contributed by atoms with Crippen LogP contribution in [0.15, 0.2) is 29.2 Å². The van der Waals surface area contributed by atoms with Gasteiger partial charge in [-0.25, -0.2) is 8.42 Å². The second kappa shape index (κ2) is 5.62. The highest BCUT2D eigenvalue weighted by Gasteiger charge is 2.26. The number of nitrogens with one attached hydrogen (secondary N) is 2. The number of carbonyl (C=O) groups is 2. The third kappa shape index (κ3) is 3.57. The first kappa shape index (κ1) is 14.5. The quantitative estimate of drug-likeness (QED) is 0.792. The fourth-order valence-electron chi connectivity index (χ4n) is 2.01. The van der Waals surface area contributed by atoms with Crippen LogP contribution in [0.5, 0.6) is 0 Å². The number of rotatable bonds is 4. The van der Waals surface area contributed by atoms with Crippen molar-refractivity contribution >= 4 is 27.3 Å². The molecule has 2 rings (SSSR count). The van der Waals surface area contributed by atoms with Crippen LogP contribution in [-0.4, -0.2) is 33.0 Å².